The number of nitrogens with zero attached hydrogens (tertiary/aromatic N) is 1. The predicted octanol–water partition coefficient (Wildman–Crippen LogP) is 6.05. The van der Waals surface area contributed by atoms with Crippen LogP contribution in [0.1, 0.15) is 11.3 Å². The molecule has 5 nitrogen and oxygen atoms in total. The third kappa shape index (κ3) is 5.31. The molecule has 1 fully saturated rings. The number of nitrogens with one attached hydrogen (secondary N) is 1. The molecule has 0 radical (unpaired) electrons. The Morgan fingerprint density at radius 1 is 1.06 bits per heavy atom. The number of halogens is 2. The first-order valence-electron chi connectivity index (χ1n) is 9.97. The number of amides is 1. The lowest BCUT2D eigenvalue weighted by atomic mass is 10.1. The number of carbonyl (C=O) groups is 1. The van der Waals surface area contributed by atoms with E-state index in [2.05, 4.69) is 10.2 Å². The number of hydrogen-bond acceptors (Lipinski definition) is 4. The predicted molar refractivity (Wildman–Crippen MR) is 126 cm³/mol. The van der Waals surface area contributed by atoms with Gasteiger partial charge in [-0.3, -0.25) is 4.79 Å². The summed E-state index contributed by atoms with van der Waals surface area (Å²) in [7, 11) is 0. The van der Waals surface area contributed by atoms with Crippen molar-refractivity contribution in [2.24, 2.45) is 0 Å². The summed E-state index contributed by atoms with van der Waals surface area (Å²) >= 11 is 12.4. The number of carbonyl (C=O) groups excluding carboxylic acids is 1. The van der Waals surface area contributed by atoms with E-state index in [4.69, 9.17) is 32.4 Å². The second kappa shape index (κ2) is 9.60. The van der Waals surface area contributed by atoms with Crippen LogP contribution in [0.4, 0.5) is 11.4 Å². The largest absolute Gasteiger partial charge is 0.457 e. The highest BCUT2D eigenvalue weighted by Gasteiger charge is 2.16. The number of morpholine rings is 1. The van der Waals surface area contributed by atoms with Gasteiger partial charge in [-0.1, -0.05) is 35.3 Å². The van der Waals surface area contributed by atoms with Crippen LogP contribution in [0, 0.1) is 6.92 Å². The molecular formula is C24H22Cl2N2O3. The number of hydrogen-bond donors (Lipinski definition) is 1. The Balaban J connectivity index is 1.46. The van der Waals surface area contributed by atoms with Crippen molar-refractivity contribution in [2.45, 2.75) is 6.92 Å². The molecule has 31 heavy (non-hydrogen) atoms. The van der Waals surface area contributed by atoms with E-state index in [1.807, 2.05) is 49.4 Å². The molecule has 1 saturated heterocycles. The topological polar surface area (TPSA) is 54.7 Å². The quantitative estimate of drug-likeness (QED) is 0.474. The van der Waals surface area contributed by atoms with Crippen LogP contribution < -0.4 is 10.2 Å². The number of benzene rings is 2. The fourth-order valence-electron chi connectivity index (χ4n) is 3.36. The lowest BCUT2D eigenvalue weighted by Crippen LogP contribution is -2.36. The van der Waals surface area contributed by atoms with Crippen LogP contribution in [0.15, 0.2) is 59.0 Å². The maximum Gasteiger partial charge on any atom is 0.248 e. The Morgan fingerprint density at radius 3 is 2.65 bits per heavy atom. The van der Waals surface area contributed by atoms with E-state index in [1.165, 1.54) is 6.08 Å². The highest BCUT2D eigenvalue weighted by molar-refractivity contribution is 6.31. The van der Waals surface area contributed by atoms with Crippen molar-refractivity contribution >= 4 is 46.6 Å². The van der Waals surface area contributed by atoms with Gasteiger partial charge in [0.1, 0.15) is 11.5 Å². The Bertz CT molecular complexity index is 1120. The second-order valence-corrected chi connectivity index (χ2v) is 8.09. The van der Waals surface area contributed by atoms with Crippen molar-refractivity contribution in [2.75, 3.05) is 36.5 Å². The Labute approximate surface area is 191 Å². The van der Waals surface area contributed by atoms with Gasteiger partial charge < -0.3 is 19.4 Å². The van der Waals surface area contributed by atoms with Crippen LogP contribution in [-0.4, -0.2) is 32.2 Å². The molecule has 0 atom stereocenters. The van der Waals surface area contributed by atoms with Crippen LogP contribution in [-0.2, 0) is 9.53 Å². The third-order valence-electron chi connectivity index (χ3n) is 5.05. The van der Waals surface area contributed by atoms with Crippen molar-refractivity contribution in [3.05, 3.63) is 76.0 Å². The van der Waals surface area contributed by atoms with E-state index < -0.39 is 0 Å². The molecule has 160 valence electrons. The van der Waals surface area contributed by atoms with E-state index in [0.717, 1.165) is 29.9 Å². The minimum absolute atomic E-state index is 0.270. The number of anilines is 2. The number of furan rings is 1. The monoisotopic (exact) mass is 456 g/mol. The summed E-state index contributed by atoms with van der Waals surface area (Å²) in [5.74, 6) is 0.987. The summed E-state index contributed by atoms with van der Waals surface area (Å²) in [6.45, 7) is 4.79. The fourth-order valence-corrected chi connectivity index (χ4v) is 3.72. The molecule has 0 spiro atoms. The first kappa shape index (κ1) is 21.5. The Kier molecular flexibility index (Phi) is 6.66. The molecule has 0 bridgehead atoms. The number of aryl methyl sites for hydroxylation is 1. The van der Waals surface area contributed by atoms with E-state index >= 15 is 0 Å². The van der Waals surface area contributed by atoms with E-state index in [9.17, 15) is 4.79 Å². The first-order chi connectivity index (χ1) is 15.0. The van der Waals surface area contributed by atoms with Gasteiger partial charge in [-0.15, -0.1) is 0 Å². The van der Waals surface area contributed by atoms with Crippen LogP contribution in [0.2, 0.25) is 10.0 Å². The molecule has 1 aliphatic heterocycles. The Hall–Kier alpha value is -2.73. The van der Waals surface area contributed by atoms with Crippen molar-refractivity contribution in [3.63, 3.8) is 0 Å². The van der Waals surface area contributed by atoms with Gasteiger partial charge in [0, 0.05) is 34.8 Å². The molecule has 3 aromatic rings. The Morgan fingerprint density at radius 2 is 1.87 bits per heavy atom. The van der Waals surface area contributed by atoms with Gasteiger partial charge in [-0.2, -0.15) is 0 Å². The van der Waals surface area contributed by atoms with Crippen molar-refractivity contribution in [3.8, 4) is 11.3 Å². The molecule has 1 amide bonds. The fraction of sp³-hybridized carbons (Fsp3) is 0.208. The molecule has 1 aromatic heterocycles. The summed E-state index contributed by atoms with van der Waals surface area (Å²) in [5, 5.41) is 4.16. The number of rotatable bonds is 5. The highest BCUT2D eigenvalue weighted by Crippen LogP contribution is 2.30. The smallest absolute Gasteiger partial charge is 0.248 e. The zero-order valence-corrected chi connectivity index (χ0v) is 18.5. The van der Waals surface area contributed by atoms with Gasteiger partial charge in [0.2, 0.25) is 5.91 Å². The maximum absolute atomic E-state index is 12.5. The van der Waals surface area contributed by atoms with Crippen molar-refractivity contribution in [1.82, 2.24) is 0 Å². The summed E-state index contributed by atoms with van der Waals surface area (Å²) in [6.07, 6.45) is 3.07. The van der Waals surface area contributed by atoms with E-state index in [1.54, 1.807) is 12.1 Å². The van der Waals surface area contributed by atoms with E-state index in [0.29, 0.717) is 40.5 Å². The summed E-state index contributed by atoms with van der Waals surface area (Å²) in [4.78, 5) is 14.7. The van der Waals surface area contributed by atoms with Gasteiger partial charge in [0.15, 0.2) is 0 Å². The van der Waals surface area contributed by atoms with Gasteiger partial charge in [-0.05, 0) is 55.0 Å². The average Bonchev–Trinajstić information content (AvgIpc) is 3.24. The van der Waals surface area contributed by atoms with E-state index in [-0.39, 0.29) is 5.91 Å². The average molecular weight is 457 g/mol. The molecule has 2 aromatic carbocycles. The SMILES string of the molecule is Cc1ccc(-c2ccc(C=CC(=O)Nc3cc(Cl)ccc3N3CCOCC3)o2)cc1Cl. The molecule has 0 saturated carbocycles. The van der Waals surface area contributed by atoms with Gasteiger partial charge >= 0.3 is 0 Å². The standard InChI is InChI=1S/C24H22Cl2N2O3/c1-16-2-3-17(14-20(16)26)23-8-5-19(31-23)6-9-24(29)27-21-15-18(25)4-7-22(21)28-10-12-30-13-11-28/h2-9,14-15H,10-13H2,1H3,(H,27,29). The zero-order valence-electron chi connectivity index (χ0n) is 17.0. The normalized spacial score (nSPS) is 14.2. The maximum atomic E-state index is 12.5. The highest BCUT2D eigenvalue weighted by atomic mass is 35.5. The lowest BCUT2D eigenvalue weighted by molar-refractivity contribution is -0.111. The summed E-state index contributed by atoms with van der Waals surface area (Å²) in [6, 6.07) is 14.9. The van der Waals surface area contributed by atoms with Crippen LogP contribution in [0.25, 0.3) is 17.4 Å². The zero-order chi connectivity index (χ0) is 21.8. The van der Waals surface area contributed by atoms with Gasteiger partial charge in [0.05, 0.1) is 24.6 Å². The van der Waals surface area contributed by atoms with Crippen molar-refractivity contribution in [1.29, 1.82) is 0 Å². The first-order valence-corrected chi connectivity index (χ1v) is 10.7. The second-order valence-electron chi connectivity index (χ2n) is 7.25. The summed E-state index contributed by atoms with van der Waals surface area (Å²) < 4.78 is 11.3. The van der Waals surface area contributed by atoms with Crippen LogP contribution in [0.5, 0.6) is 0 Å². The molecule has 7 heteroatoms. The van der Waals surface area contributed by atoms with Gasteiger partial charge in [-0.25, -0.2) is 0 Å². The molecule has 0 unspecified atom stereocenters. The third-order valence-corrected chi connectivity index (χ3v) is 5.69. The van der Waals surface area contributed by atoms with Gasteiger partial charge in [0.25, 0.3) is 0 Å². The molecule has 0 aliphatic carbocycles. The molecular weight excluding hydrogens is 435 g/mol. The minimum atomic E-state index is -0.270. The van der Waals surface area contributed by atoms with Crippen molar-refractivity contribution < 1.29 is 13.9 Å². The summed E-state index contributed by atoms with van der Waals surface area (Å²) in [5.41, 5.74) is 3.48. The molecule has 2 heterocycles. The lowest BCUT2D eigenvalue weighted by Gasteiger charge is -2.30. The minimum Gasteiger partial charge on any atom is -0.457 e. The van der Waals surface area contributed by atoms with Crippen LogP contribution in [0.3, 0.4) is 0 Å². The molecule has 1 aliphatic rings. The molecule has 1 N–H and O–H groups in total. The van der Waals surface area contributed by atoms with Crippen LogP contribution >= 0.6 is 23.2 Å². The number of ether oxygens (including phenoxy) is 1. The molecule has 4 rings (SSSR count).